The number of carbonyl (C=O) groups is 2. The van der Waals surface area contributed by atoms with Gasteiger partial charge in [-0.1, -0.05) is 24.3 Å². The lowest BCUT2D eigenvalue weighted by Crippen LogP contribution is -2.53. The van der Waals surface area contributed by atoms with Crippen LogP contribution in [0.5, 0.6) is 0 Å². The Labute approximate surface area is 154 Å². The van der Waals surface area contributed by atoms with Gasteiger partial charge >= 0.3 is 5.97 Å². The molecule has 1 saturated heterocycles. The summed E-state index contributed by atoms with van der Waals surface area (Å²) in [5, 5.41) is 5.92. The van der Waals surface area contributed by atoms with Crippen LogP contribution in [0.1, 0.15) is 23.2 Å². The first-order chi connectivity index (χ1) is 12.7. The number of amides is 1. The van der Waals surface area contributed by atoms with E-state index in [2.05, 4.69) is 5.32 Å². The fraction of sp³-hybridized carbons (Fsp3) is 0.250. The summed E-state index contributed by atoms with van der Waals surface area (Å²) >= 11 is 1.60. The van der Waals surface area contributed by atoms with Crippen LogP contribution in [0.3, 0.4) is 0 Å². The molecule has 1 amide bonds. The van der Waals surface area contributed by atoms with Crippen LogP contribution in [0.4, 0.5) is 0 Å². The molecule has 2 aliphatic rings. The predicted molar refractivity (Wildman–Crippen MR) is 98.9 cm³/mol. The average Bonchev–Trinajstić information content (AvgIpc) is 3.28. The molecular formula is C20H16N2O3S. The van der Waals surface area contributed by atoms with Gasteiger partial charge in [-0.3, -0.25) is 9.59 Å². The first-order valence-corrected chi connectivity index (χ1v) is 9.51. The highest BCUT2D eigenvalue weighted by molar-refractivity contribution is 7.13. The Balaban J connectivity index is 1.49. The van der Waals surface area contributed by atoms with Crippen LogP contribution in [0.2, 0.25) is 0 Å². The number of aromatic nitrogens is 1. The first kappa shape index (κ1) is 15.5. The summed E-state index contributed by atoms with van der Waals surface area (Å²) in [4.78, 5) is 30.1. The highest BCUT2D eigenvalue weighted by Gasteiger charge is 2.50. The van der Waals surface area contributed by atoms with Gasteiger partial charge in [-0.15, -0.1) is 11.3 Å². The van der Waals surface area contributed by atoms with E-state index in [4.69, 9.17) is 9.72 Å². The highest BCUT2D eigenvalue weighted by atomic mass is 32.1. The maximum Gasteiger partial charge on any atom is 0.306 e. The second-order valence-corrected chi connectivity index (χ2v) is 7.71. The van der Waals surface area contributed by atoms with E-state index in [1.165, 1.54) is 0 Å². The Morgan fingerprint density at radius 1 is 1.23 bits per heavy atom. The number of nitrogens with zero attached hydrogens (tertiary/aromatic N) is 1. The van der Waals surface area contributed by atoms with Crippen molar-refractivity contribution in [1.82, 2.24) is 10.3 Å². The van der Waals surface area contributed by atoms with Crippen molar-refractivity contribution < 1.29 is 14.3 Å². The van der Waals surface area contributed by atoms with Crippen molar-refractivity contribution in [2.45, 2.75) is 25.0 Å². The fourth-order valence-corrected chi connectivity index (χ4v) is 4.49. The minimum absolute atomic E-state index is 0.00364. The minimum atomic E-state index is -0.161. The lowest BCUT2D eigenvalue weighted by atomic mass is 9.76. The molecule has 1 aromatic carbocycles. The van der Waals surface area contributed by atoms with Crippen molar-refractivity contribution in [3.8, 4) is 10.6 Å². The van der Waals surface area contributed by atoms with Crippen LogP contribution in [0.25, 0.3) is 21.5 Å². The number of rotatable bonds is 3. The standard InChI is InChI=1S/C20H16N2O3S/c23-19-9-13-15(10-17(13)25-19)22-20(24)12-8-16(18-6-3-7-26-18)21-14-5-2-1-4-11(12)14/h1-8,13,15,17H,9-10H2,(H,22,24)/t13-,15+,17+/m0/s1. The number of pyridine rings is 1. The van der Waals surface area contributed by atoms with Crippen molar-refractivity contribution in [2.75, 3.05) is 0 Å². The van der Waals surface area contributed by atoms with E-state index in [9.17, 15) is 9.59 Å². The number of nitrogens with one attached hydrogen (secondary N) is 1. The molecule has 0 radical (unpaired) electrons. The number of hydrogen-bond donors (Lipinski definition) is 1. The Kier molecular flexibility index (Phi) is 3.53. The molecule has 1 aliphatic heterocycles. The van der Waals surface area contributed by atoms with E-state index in [1.54, 1.807) is 11.3 Å². The van der Waals surface area contributed by atoms with Crippen LogP contribution in [0.15, 0.2) is 47.8 Å². The number of carbonyl (C=O) groups excluding carboxylic acids is 2. The van der Waals surface area contributed by atoms with Crippen molar-refractivity contribution in [3.05, 3.63) is 53.4 Å². The number of para-hydroxylation sites is 1. The zero-order valence-electron chi connectivity index (χ0n) is 13.8. The number of ether oxygens (including phenoxy) is 1. The van der Waals surface area contributed by atoms with Gasteiger partial charge < -0.3 is 10.1 Å². The summed E-state index contributed by atoms with van der Waals surface area (Å²) in [5.41, 5.74) is 2.22. The van der Waals surface area contributed by atoms with Gasteiger partial charge in [0.15, 0.2) is 0 Å². The molecule has 0 bridgehead atoms. The number of thiophene rings is 1. The Bertz CT molecular complexity index is 1020. The largest absolute Gasteiger partial charge is 0.462 e. The second kappa shape index (κ2) is 5.92. The molecular weight excluding hydrogens is 348 g/mol. The molecule has 2 aromatic heterocycles. The molecule has 3 atom stereocenters. The Morgan fingerprint density at radius 2 is 2.12 bits per heavy atom. The van der Waals surface area contributed by atoms with Crippen molar-refractivity contribution in [1.29, 1.82) is 0 Å². The van der Waals surface area contributed by atoms with Crippen molar-refractivity contribution in [3.63, 3.8) is 0 Å². The maximum atomic E-state index is 13.0. The van der Waals surface area contributed by atoms with Gasteiger partial charge in [0.2, 0.25) is 0 Å². The summed E-state index contributed by atoms with van der Waals surface area (Å²) < 4.78 is 5.22. The van der Waals surface area contributed by atoms with Gasteiger partial charge in [0, 0.05) is 23.8 Å². The molecule has 1 aliphatic carbocycles. The van der Waals surface area contributed by atoms with Crippen molar-refractivity contribution >= 4 is 34.1 Å². The molecule has 5 rings (SSSR count). The zero-order valence-corrected chi connectivity index (χ0v) is 14.7. The number of esters is 1. The molecule has 0 spiro atoms. The van der Waals surface area contributed by atoms with E-state index < -0.39 is 0 Å². The number of fused-ring (bicyclic) bond motifs is 2. The Morgan fingerprint density at radius 3 is 2.92 bits per heavy atom. The van der Waals surface area contributed by atoms with Crippen LogP contribution >= 0.6 is 11.3 Å². The van der Waals surface area contributed by atoms with Gasteiger partial charge in [0.1, 0.15) is 6.10 Å². The predicted octanol–water partition coefficient (Wildman–Crippen LogP) is 3.40. The van der Waals surface area contributed by atoms with E-state index in [-0.39, 0.29) is 29.9 Å². The lowest BCUT2D eigenvalue weighted by molar-refractivity contribution is -0.143. The van der Waals surface area contributed by atoms with E-state index in [0.29, 0.717) is 18.4 Å². The molecule has 26 heavy (non-hydrogen) atoms. The Hall–Kier alpha value is -2.73. The van der Waals surface area contributed by atoms with E-state index >= 15 is 0 Å². The van der Waals surface area contributed by atoms with Crippen LogP contribution in [0, 0.1) is 5.92 Å². The zero-order chi connectivity index (χ0) is 17.7. The van der Waals surface area contributed by atoms with Gasteiger partial charge in [-0.25, -0.2) is 4.98 Å². The van der Waals surface area contributed by atoms with Gasteiger partial charge in [0.05, 0.1) is 28.1 Å². The maximum absolute atomic E-state index is 13.0. The normalized spacial score (nSPS) is 24.0. The topological polar surface area (TPSA) is 68.3 Å². The summed E-state index contributed by atoms with van der Waals surface area (Å²) in [6.07, 6.45) is 1.07. The average molecular weight is 364 g/mol. The van der Waals surface area contributed by atoms with Crippen LogP contribution < -0.4 is 5.32 Å². The molecule has 130 valence electrons. The lowest BCUT2D eigenvalue weighted by Gasteiger charge is -2.38. The molecule has 5 nitrogen and oxygen atoms in total. The third-order valence-corrected chi connectivity index (χ3v) is 6.11. The third kappa shape index (κ3) is 2.49. The molecule has 1 saturated carbocycles. The number of hydrogen-bond acceptors (Lipinski definition) is 5. The van der Waals surface area contributed by atoms with Gasteiger partial charge in [-0.2, -0.15) is 0 Å². The molecule has 2 fully saturated rings. The number of benzene rings is 1. The monoisotopic (exact) mass is 364 g/mol. The van der Waals surface area contributed by atoms with Crippen LogP contribution in [-0.4, -0.2) is 29.0 Å². The first-order valence-electron chi connectivity index (χ1n) is 8.63. The second-order valence-electron chi connectivity index (χ2n) is 6.76. The highest BCUT2D eigenvalue weighted by Crippen LogP contribution is 2.39. The molecule has 0 unspecified atom stereocenters. The van der Waals surface area contributed by atoms with E-state index in [0.717, 1.165) is 21.5 Å². The van der Waals surface area contributed by atoms with Crippen LogP contribution in [-0.2, 0) is 9.53 Å². The third-order valence-electron chi connectivity index (χ3n) is 5.22. The quantitative estimate of drug-likeness (QED) is 0.723. The minimum Gasteiger partial charge on any atom is -0.462 e. The van der Waals surface area contributed by atoms with Gasteiger partial charge in [0.25, 0.3) is 5.91 Å². The summed E-state index contributed by atoms with van der Waals surface area (Å²) in [6.45, 7) is 0. The molecule has 6 heteroatoms. The molecule has 1 N–H and O–H groups in total. The smallest absolute Gasteiger partial charge is 0.306 e. The summed E-state index contributed by atoms with van der Waals surface area (Å²) in [7, 11) is 0. The summed E-state index contributed by atoms with van der Waals surface area (Å²) in [6, 6.07) is 13.5. The SMILES string of the molecule is O=C1C[C@H]2[C@H](NC(=O)c3cc(-c4cccs4)nc4ccccc34)C[C@H]2O1. The van der Waals surface area contributed by atoms with Gasteiger partial charge in [-0.05, 0) is 23.6 Å². The molecule has 3 heterocycles. The molecule has 3 aromatic rings. The fourth-order valence-electron chi connectivity index (χ4n) is 3.81. The summed E-state index contributed by atoms with van der Waals surface area (Å²) in [5.74, 6) is -0.174. The van der Waals surface area contributed by atoms with Crippen molar-refractivity contribution in [2.24, 2.45) is 5.92 Å². The van der Waals surface area contributed by atoms with E-state index in [1.807, 2.05) is 47.8 Å².